The Morgan fingerprint density at radius 2 is 1.86 bits per heavy atom. The average Bonchev–Trinajstić information content (AvgIpc) is 2.68. The fourth-order valence-electron chi connectivity index (χ4n) is 2.45. The first-order valence-corrected chi connectivity index (χ1v) is 8.27. The molecule has 1 aromatic carbocycles. The molecule has 0 aliphatic rings. The lowest BCUT2D eigenvalue weighted by Gasteiger charge is -2.13. The number of sulfonamides is 1. The van der Waals surface area contributed by atoms with Gasteiger partial charge in [-0.25, -0.2) is 8.42 Å². The number of anilines is 1. The van der Waals surface area contributed by atoms with Crippen molar-refractivity contribution in [3.05, 3.63) is 40.8 Å². The molecule has 0 saturated heterocycles. The predicted octanol–water partition coefficient (Wildman–Crippen LogP) is 3.52. The molecule has 0 spiro atoms. The monoisotopic (exact) mass is 308 g/mol. The molecule has 21 heavy (non-hydrogen) atoms. The van der Waals surface area contributed by atoms with E-state index in [4.69, 9.17) is 4.52 Å². The van der Waals surface area contributed by atoms with Crippen molar-refractivity contribution in [2.75, 3.05) is 4.72 Å². The van der Waals surface area contributed by atoms with Gasteiger partial charge in [-0.2, -0.15) is 0 Å². The molecule has 0 bridgehead atoms. The van der Waals surface area contributed by atoms with Crippen LogP contribution in [0.4, 0.5) is 5.69 Å². The minimum absolute atomic E-state index is 0.105. The molecule has 0 atom stereocenters. The van der Waals surface area contributed by atoms with Gasteiger partial charge in [-0.1, -0.05) is 25.1 Å². The van der Waals surface area contributed by atoms with Crippen LogP contribution in [0.1, 0.15) is 42.3 Å². The van der Waals surface area contributed by atoms with Crippen LogP contribution in [0.3, 0.4) is 0 Å². The Morgan fingerprint density at radius 3 is 2.33 bits per heavy atom. The number of hydrogen-bond acceptors (Lipinski definition) is 4. The number of aromatic nitrogens is 1. The molecule has 0 saturated carbocycles. The molecule has 114 valence electrons. The average molecular weight is 308 g/mol. The molecule has 2 rings (SSSR count). The van der Waals surface area contributed by atoms with E-state index in [0.29, 0.717) is 17.3 Å². The Morgan fingerprint density at radius 1 is 1.19 bits per heavy atom. The van der Waals surface area contributed by atoms with E-state index in [1.165, 1.54) is 5.56 Å². The Balaban J connectivity index is 2.36. The van der Waals surface area contributed by atoms with E-state index in [1.54, 1.807) is 19.9 Å². The molecular weight excluding hydrogens is 288 g/mol. The highest BCUT2D eigenvalue weighted by Crippen LogP contribution is 2.26. The standard InChI is InChI=1S/C15H20N2O3S/c1-9(2)14-7-6-13(8-10(14)3)17-21(18,19)15-11(4)16-20-12(15)5/h6-9,17H,1-5H3. The summed E-state index contributed by atoms with van der Waals surface area (Å²) in [7, 11) is -3.69. The number of benzene rings is 1. The van der Waals surface area contributed by atoms with E-state index in [-0.39, 0.29) is 10.7 Å². The van der Waals surface area contributed by atoms with Crippen LogP contribution in [0, 0.1) is 20.8 Å². The molecule has 2 aromatic rings. The second-order valence-electron chi connectivity index (χ2n) is 5.48. The topological polar surface area (TPSA) is 72.2 Å². The highest BCUT2D eigenvalue weighted by atomic mass is 32.2. The van der Waals surface area contributed by atoms with Crippen molar-refractivity contribution in [3.8, 4) is 0 Å². The zero-order valence-electron chi connectivity index (χ0n) is 12.9. The van der Waals surface area contributed by atoms with Crippen LogP contribution in [0.2, 0.25) is 0 Å². The highest BCUT2D eigenvalue weighted by molar-refractivity contribution is 7.92. The molecule has 0 aliphatic heterocycles. The normalized spacial score (nSPS) is 11.9. The van der Waals surface area contributed by atoms with Gasteiger partial charge in [-0.05, 0) is 49.9 Å². The molecule has 5 nitrogen and oxygen atoms in total. The van der Waals surface area contributed by atoms with Crippen molar-refractivity contribution in [1.82, 2.24) is 5.16 Å². The van der Waals surface area contributed by atoms with Crippen LogP contribution in [0.15, 0.2) is 27.6 Å². The maximum absolute atomic E-state index is 12.4. The molecule has 0 radical (unpaired) electrons. The summed E-state index contributed by atoms with van der Waals surface area (Å²) < 4.78 is 32.4. The number of nitrogens with zero attached hydrogens (tertiary/aromatic N) is 1. The summed E-state index contributed by atoms with van der Waals surface area (Å²) in [6.45, 7) is 9.38. The van der Waals surface area contributed by atoms with E-state index in [2.05, 4.69) is 23.7 Å². The van der Waals surface area contributed by atoms with E-state index < -0.39 is 10.0 Å². The summed E-state index contributed by atoms with van der Waals surface area (Å²) in [6, 6.07) is 5.56. The van der Waals surface area contributed by atoms with E-state index in [9.17, 15) is 8.42 Å². The van der Waals surface area contributed by atoms with Gasteiger partial charge in [0.1, 0.15) is 5.69 Å². The third-order valence-electron chi connectivity index (χ3n) is 3.38. The lowest BCUT2D eigenvalue weighted by molar-refractivity contribution is 0.390. The molecule has 0 unspecified atom stereocenters. The zero-order chi connectivity index (χ0) is 15.8. The summed E-state index contributed by atoms with van der Waals surface area (Å²) >= 11 is 0. The molecule has 0 aliphatic carbocycles. The summed E-state index contributed by atoms with van der Waals surface area (Å²) in [5.74, 6) is 0.689. The van der Waals surface area contributed by atoms with Gasteiger partial charge >= 0.3 is 0 Å². The first-order valence-electron chi connectivity index (χ1n) is 6.78. The molecule has 0 amide bonds. The van der Waals surface area contributed by atoms with Gasteiger partial charge in [0.05, 0.1) is 0 Å². The first kappa shape index (κ1) is 15.6. The summed E-state index contributed by atoms with van der Waals surface area (Å²) in [4.78, 5) is 0.105. The molecule has 1 aromatic heterocycles. The minimum Gasteiger partial charge on any atom is -0.360 e. The summed E-state index contributed by atoms with van der Waals surface area (Å²) in [5, 5.41) is 3.68. The summed E-state index contributed by atoms with van der Waals surface area (Å²) in [6.07, 6.45) is 0. The third-order valence-corrected chi connectivity index (χ3v) is 5.01. The largest absolute Gasteiger partial charge is 0.360 e. The van der Waals surface area contributed by atoms with Gasteiger partial charge in [0.25, 0.3) is 10.0 Å². The first-order chi connectivity index (χ1) is 9.72. The van der Waals surface area contributed by atoms with Gasteiger partial charge in [0.15, 0.2) is 10.7 Å². The van der Waals surface area contributed by atoms with E-state index >= 15 is 0 Å². The second-order valence-corrected chi connectivity index (χ2v) is 7.10. The second kappa shape index (κ2) is 5.52. The van der Waals surface area contributed by atoms with Gasteiger partial charge in [-0.15, -0.1) is 0 Å². The lowest BCUT2D eigenvalue weighted by Crippen LogP contribution is -2.14. The number of rotatable bonds is 4. The van der Waals surface area contributed by atoms with Crippen molar-refractivity contribution >= 4 is 15.7 Å². The molecule has 1 N–H and O–H groups in total. The Hall–Kier alpha value is -1.82. The zero-order valence-corrected chi connectivity index (χ0v) is 13.7. The van der Waals surface area contributed by atoms with Gasteiger partial charge in [0, 0.05) is 5.69 Å². The van der Waals surface area contributed by atoms with E-state index in [1.807, 2.05) is 19.1 Å². The fourth-order valence-corrected chi connectivity index (χ4v) is 3.83. The van der Waals surface area contributed by atoms with E-state index in [0.717, 1.165) is 5.56 Å². The van der Waals surface area contributed by atoms with Crippen LogP contribution in [0.25, 0.3) is 0 Å². The maximum atomic E-state index is 12.4. The molecule has 6 heteroatoms. The molecule has 1 heterocycles. The van der Waals surface area contributed by atoms with Crippen LogP contribution in [-0.4, -0.2) is 13.6 Å². The van der Waals surface area contributed by atoms with Crippen LogP contribution in [-0.2, 0) is 10.0 Å². The van der Waals surface area contributed by atoms with Gasteiger partial charge < -0.3 is 4.52 Å². The highest BCUT2D eigenvalue weighted by Gasteiger charge is 2.24. The van der Waals surface area contributed by atoms with Crippen LogP contribution in [0.5, 0.6) is 0 Å². The van der Waals surface area contributed by atoms with Crippen molar-refractivity contribution in [2.45, 2.75) is 45.4 Å². The quantitative estimate of drug-likeness (QED) is 0.938. The maximum Gasteiger partial charge on any atom is 0.267 e. The molecule has 0 fully saturated rings. The fraction of sp³-hybridized carbons (Fsp3) is 0.400. The van der Waals surface area contributed by atoms with Crippen LogP contribution < -0.4 is 4.72 Å². The van der Waals surface area contributed by atoms with Gasteiger partial charge in [-0.3, -0.25) is 4.72 Å². The van der Waals surface area contributed by atoms with Gasteiger partial charge in [0.2, 0.25) is 0 Å². The van der Waals surface area contributed by atoms with Crippen molar-refractivity contribution < 1.29 is 12.9 Å². The van der Waals surface area contributed by atoms with Crippen molar-refractivity contribution in [1.29, 1.82) is 0 Å². The Bertz CT molecular complexity index is 742. The number of hydrogen-bond donors (Lipinski definition) is 1. The predicted molar refractivity (Wildman–Crippen MR) is 82.1 cm³/mol. The lowest BCUT2D eigenvalue weighted by atomic mass is 9.98. The van der Waals surface area contributed by atoms with Crippen molar-refractivity contribution in [3.63, 3.8) is 0 Å². The van der Waals surface area contributed by atoms with Crippen molar-refractivity contribution in [2.24, 2.45) is 0 Å². The number of aryl methyl sites for hydroxylation is 3. The Labute approximate surface area is 125 Å². The SMILES string of the molecule is Cc1cc(NS(=O)(=O)c2c(C)noc2C)ccc1C(C)C. The smallest absolute Gasteiger partial charge is 0.267 e. The molecular formula is C15H20N2O3S. The van der Waals surface area contributed by atoms with Crippen LogP contribution >= 0.6 is 0 Å². The minimum atomic E-state index is -3.69. The third kappa shape index (κ3) is 3.10. The number of nitrogens with one attached hydrogen (secondary N) is 1. The Kier molecular flexibility index (Phi) is 4.09. The summed E-state index contributed by atoms with van der Waals surface area (Å²) in [5.41, 5.74) is 3.16.